The van der Waals surface area contributed by atoms with Crippen LogP contribution in [0.25, 0.3) is 5.69 Å². The predicted octanol–water partition coefficient (Wildman–Crippen LogP) is -1.34. The van der Waals surface area contributed by atoms with Gasteiger partial charge in [-0.25, -0.2) is 17.9 Å². The topological polar surface area (TPSA) is 183 Å². The molecule has 0 saturated heterocycles. The number of aromatic nitrogens is 1. The number of carbonyl (C=O) groups excluding carboxylic acids is 3. The van der Waals surface area contributed by atoms with E-state index in [0.29, 0.717) is 0 Å². The molecule has 0 saturated carbocycles. The number of sulfonamides is 1. The molecule has 1 aromatic carbocycles. The number of anilines is 1. The van der Waals surface area contributed by atoms with Crippen molar-refractivity contribution < 1.29 is 22.8 Å². The molecular formula is C14H11N5O6S. The minimum Gasteiger partial charge on any atom is -0.384 e. The summed E-state index contributed by atoms with van der Waals surface area (Å²) in [7, 11) is -4.16. The molecular weight excluding hydrogens is 366 g/mol. The summed E-state index contributed by atoms with van der Waals surface area (Å²) in [5.41, 5.74) is 9.87. The van der Waals surface area contributed by atoms with Crippen molar-refractivity contribution in [3.63, 3.8) is 0 Å². The maximum atomic E-state index is 12.3. The summed E-state index contributed by atoms with van der Waals surface area (Å²) in [6.07, 6.45) is 0. The molecule has 0 fully saturated rings. The van der Waals surface area contributed by atoms with Crippen molar-refractivity contribution >= 4 is 33.7 Å². The van der Waals surface area contributed by atoms with Gasteiger partial charge in [-0.1, -0.05) is 0 Å². The van der Waals surface area contributed by atoms with Gasteiger partial charge in [0.05, 0.1) is 21.7 Å². The Labute approximate surface area is 145 Å². The highest BCUT2D eigenvalue weighted by Gasteiger charge is 2.31. The van der Waals surface area contributed by atoms with E-state index < -0.39 is 33.4 Å². The quantitative estimate of drug-likeness (QED) is 0.477. The lowest BCUT2D eigenvalue weighted by atomic mass is 10.1. The largest absolute Gasteiger partial charge is 0.384 e. The minimum atomic E-state index is -4.16. The smallest absolute Gasteiger partial charge is 0.326 e. The number of imide groups is 1. The first-order valence-electron chi connectivity index (χ1n) is 6.95. The lowest BCUT2D eigenvalue weighted by molar-refractivity contribution is 0.0879. The van der Waals surface area contributed by atoms with Crippen LogP contribution in [0.15, 0.2) is 40.0 Å². The number of rotatable bonds is 3. The summed E-state index contributed by atoms with van der Waals surface area (Å²) >= 11 is 0. The van der Waals surface area contributed by atoms with Crippen molar-refractivity contribution in [2.24, 2.45) is 5.73 Å². The van der Waals surface area contributed by atoms with E-state index in [1.54, 1.807) is 4.72 Å². The second-order valence-corrected chi connectivity index (χ2v) is 6.92. The van der Waals surface area contributed by atoms with Gasteiger partial charge >= 0.3 is 6.03 Å². The molecule has 2 heterocycles. The Balaban J connectivity index is 2.11. The number of benzene rings is 1. The number of nitrogen functional groups attached to an aromatic ring is 1. The van der Waals surface area contributed by atoms with E-state index >= 15 is 0 Å². The third kappa shape index (κ3) is 2.67. The van der Waals surface area contributed by atoms with Crippen LogP contribution < -0.4 is 27.1 Å². The van der Waals surface area contributed by atoms with Crippen LogP contribution in [0.1, 0.15) is 20.7 Å². The number of hydrogen-bond acceptors (Lipinski definition) is 7. The normalized spacial score (nSPS) is 13.2. The van der Waals surface area contributed by atoms with Gasteiger partial charge in [-0.3, -0.25) is 24.3 Å². The zero-order valence-electron chi connectivity index (χ0n) is 12.8. The Morgan fingerprint density at radius 1 is 1.08 bits per heavy atom. The third-order valence-corrected chi connectivity index (χ3v) is 4.96. The molecule has 0 aliphatic carbocycles. The molecule has 3 rings (SSSR count). The van der Waals surface area contributed by atoms with Crippen molar-refractivity contribution in [3.8, 4) is 5.69 Å². The highest BCUT2D eigenvalue weighted by Crippen LogP contribution is 2.23. The number of primary amides is 1. The third-order valence-electron chi connectivity index (χ3n) is 3.59. The Bertz CT molecular complexity index is 1130. The fourth-order valence-electron chi connectivity index (χ4n) is 2.51. The van der Waals surface area contributed by atoms with Crippen LogP contribution in [-0.2, 0) is 10.0 Å². The number of fused-ring (bicyclic) bond motifs is 1. The number of carbonyl (C=O) groups is 3. The maximum Gasteiger partial charge on any atom is 0.326 e. The summed E-state index contributed by atoms with van der Waals surface area (Å²) in [6.45, 7) is 0. The fourth-order valence-corrected chi connectivity index (χ4v) is 3.39. The number of nitrogens with two attached hydrogens (primary N) is 2. The van der Waals surface area contributed by atoms with Crippen molar-refractivity contribution in [2.75, 3.05) is 5.73 Å². The van der Waals surface area contributed by atoms with Gasteiger partial charge in [-0.15, -0.1) is 0 Å². The van der Waals surface area contributed by atoms with Gasteiger partial charge in [0.25, 0.3) is 27.4 Å². The van der Waals surface area contributed by atoms with Crippen molar-refractivity contribution in [2.45, 2.75) is 4.90 Å². The molecule has 0 atom stereocenters. The molecule has 1 aliphatic rings. The monoisotopic (exact) mass is 377 g/mol. The first-order valence-corrected chi connectivity index (χ1v) is 8.44. The Hall–Kier alpha value is -3.67. The number of hydrogen-bond donors (Lipinski definition) is 4. The molecule has 134 valence electrons. The van der Waals surface area contributed by atoms with Gasteiger partial charge in [0.1, 0.15) is 5.82 Å². The number of urea groups is 1. The van der Waals surface area contributed by atoms with Gasteiger partial charge in [0.2, 0.25) is 0 Å². The first kappa shape index (κ1) is 17.2. The zero-order chi connectivity index (χ0) is 19.2. The number of amides is 4. The van der Waals surface area contributed by atoms with E-state index in [9.17, 15) is 27.6 Å². The van der Waals surface area contributed by atoms with Crippen LogP contribution in [0.2, 0.25) is 0 Å². The molecule has 0 bridgehead atoms. The number of nitrogens with zero attached hydrogens (tertiary/aromatic N) is 1. The van der Waals surface area contributed by atoms with E-state index in [0.717, 1.165) is 22.8 Å². The number of pyridine rings is 1. The molecule has 1 aliphatic heterocycles. The van der Waals surface area contributed by atoms with E-state index in [1.165, 1.54) is 12.1 Å². The first-order chi connectivity index (χ1) is 12.1. The SMILES string of the molecule is NC(=O)NS(=O)(=O)c1ccc(-n2c(N)c3c(cc2=O)C(=O)NC3=O)cc1. The predicted molar refractivity (Wildman–Crippen MR) is 88.2 cm³/mol. The van der Waals surface area contributed by atoms with Crippen LogP contribution >= 0.6 is 0 Å². The van der Waals surface area contributed by atoms with Crippen LogP contribution in [-0.4, -0.2) is 30.8 Å². The lowest BCUT2D eigenvalue weighted by Gasteiger charge is -2.12. The summed E-state index contributed by atoms with van der Waals surface area (Å²) in [4.78, 5) is 46.2. The van der Waals surface area contributed by atoms with Crippen molar-refractivity contribution in [3.05, 3.63) is 51.8 Å². The van der Waals surface area contributed by atoms with Crippen LogP contribution in [0, 0.1) is 0 Å². The lowest BCUT2D eigenvalue weighted by Crippen LogP contribution is -2.34. The van der Waals surface area contributed by atoms with Crippen LogP contribution in [0.3, 0.4) is 0 Å². The second kappa shape index (κ2) is 5.70. The van der Waals surface area contributed by atoms with Gasteiger partial charge in [-0.05, 0) is 24.3 Å². The average molecular weight is 377 g/mol. The van der Waals surface area contributed by atoms with Gasteiger partial charge in [0, 0.05) is 6.07 Å². The molecule has 6 N–H and O–H groups in total. The Morgan fingerprint density at radius 3 is 2.27 bits per heavy atom. The molecule has 2 aromatic rings. The van der Waals surface area contributed by atoms with Crippen molar-refractivity contribution in [1.29, 1.82) is 0 Å². The maximum absolute atomic E-state index is 12.3. The Kier molecular flexibility index (Phi) is 3.76. The molecule has 0 spiro atoms. The highest BCUT2D eigenvalue weighted by molar-refractivity contribution is 7.90. The van der Waals surface area contributed by atoms with E-state index in [4.69, 9.17) is 11.5 Å². The second-order valence-electron chi connectivity index (χ2n) is 5.24. The summed E-state index contributed by atoms with van der Waals surface area (Å²) < 4.78 is 26.3. The molecule has 12 heteroatoms. The molecule has 1 aromatic heterocycles. The standard InChI is InChI=1S/C14H11N5O6S/c15-11-10-8(12(21)17-13(10)22)5-9(20)19(11)6-1-3-7(4-2-6)26(24,25)18-14(16)23/h1-5H,15H2,(H3,16,18,23)(H,17,21,22). The van der Waals surface area contributed by atoms with Crippen LogP contribution in [0.4, 0.5) is 10.6 Å². The molecule has 11 nitrogen and oxygen atoms in total. The summed E-state index contributed by atoms with van der Waals surface area (Å²) in [5.74, 6) is -1.72. The molecule has 0 radical (unpaired) electrons. The Morgan fingerprint density at radius 2 is 1.69 bits per heavy atom. The minimum absolute atomic E-state index is 0.126. The fraction of sp³-hybridized carbons (Fsp3) is 0. The van der Waals surface area contributed by atoms with E-state index in [1.807, 2.05) is 5.32 Å². The van der Waals surface area contributed by atoms with Gasteiger partial charge in [0.15, 0.2) is 0 Å². The average Bonchev–Trinajstić information content (AvgIpc) is 2.81. The number of nitrogens with one attached hydrogen (secondary N) is 2. The van der Waals surface area contributed by atoms with Gasteiger partial charge < -0.3 is 11.5 Å². The summed E-state index contributed by atoms with van der Waals surface area (Å²) in [6, 6.07) is 4.44. The van der Waals surface area contributed by atoms with Crippen molar-refractivity contribution in [1.82, 2.24) is 14.6 Å². The molecule has 26 heavy (non-hydrogen) atoms. The highest BCUT2D eigenvalue weighted by atomic mass is 32.2. The molecule has 4 amide bonds. The van der Waals surface area contributed by atoms with E-state index in [-0.39, 0.29) is 27.5 Å². The van der Waals surface area contributed by atoms with Crippen LogP contribution in [0.5, 0.6) is 0 Å². The summed E-state index contributed by atoms with van der Waals surface area (Å²) in [5, 5.41) is 2.03. The van der Waals surface area contributed by atoms with Gasteiger partial charge in [-0.2, -0.15) is 0 Å². The molecule has 0 unspecified atom stereocenters. The van der Waals surface area contributed by atoms with E-state index in [2.05, 4.69) is 0 Å². The zero-order valence-corrected chi connectivity index (χ0v) is 13.7.